The smallest absolute Gasteiger partial charge is 0.231 e. The Balaban J connectivity index is 1.71. The predicted molar refractivity (Wildman–Crippen MR) is 113 cm³/mol. The average Bonchev–Trinajstić information content (AvgIpc) is 3.08. The summed E-state index contributed by atoms with van der Waals surface area (Å²) in [7, 11) is 0. The second-order valence-electron chi connectivity index (χ2n) is 8.69. The van der Waals surface area contributed by atoms with E-state index in [2.05, 4.69) is 5.32 Å². The number of allylic oxidation sites excluding steroid dienone is 6. The number of ether oxygens (including phenoxy) is 1. The normalized spacial score (nSPS) is 29.1. The molecule has 5 rings (SSSR count). The molecule has 3 aliphatic carbocycles. The number of carbonyl (C=O) groups is 4. The Kier molecular flexibility index (Phi) is 4.93. The van der Waals surface area contributed by atoms with Gasteiger partial charge < -0.3 is 9.84 Å². The molecule has 1 aromatic rings. The van der Waals surface area contributed by atoms with Crippen LogP contribution in [0.3, 0.4) is 0 Å². The largest absolute Gasteiger partial charge is 0.491 e. The molecule has 32 heavy (non-hydrogen) atoms. The van der Waals surface area contributed by atoms with Crippen LogP contribution in [-0.4, -0.2) is 41.7 Å². The standard InChI is InChI=1S/C25H23NO6/c1-12-10-18(28)17-11-16-13(6-7-15-21(16)25(31)26-24(15)30)20(22(17)23(12)29)14-4-2-3-5-19(14)32-9-8-27/h2-6,10,15-16,20-21,27H,7-9,11H2,1H3,(H,26,30,31)/t15-,16+,20+,21-/m0/s1. The number of nitrogens with one attached hydrogen (secondary N) is 1. The summed E-state index contributed by atoms with van der Waals surface area (Å²) in [4.78, 5) is 51.3. The maximum Gasteiger partial charge on any atom is 0.231 e. The number of hydrogen-bond acceptors (Lipinski definition) is 6. The Hall–Kier alpha value is -3.32. The Morgan fingerprint density at radius 3 is 2.66 bits per heavy atom. The van der Waals surface area contributed by atoms with E-state index in [9.17, 15) is 24.3 Å². The quantitative estimate of drug-likeness (QED) is 0.426. The highest BCUT2D eigenvalue weighted by Crippen LogP contribution is 2.55. The summed E-state index contributed by atoms with van der Waals surface area (Å²) in [5.41, 5.74) is 2.82. The average molecular weight is 433 g/mol. The molecule has 0 aromatic heterocycles. The molecule has 2 N–H and O–H groups in total. The molecule has 4 aliphatic rings. The summed E-state index contributed by atoms with van der Waals surface area (Å²) in [5.74, 6) is -2.39. The van der Waals surface area contributed by atoms with Crippen molar-refractivity contribution in [3.8, 4) is 5.75 Å². The van der Waals surface area contributed by atoms with Crippen molar-refractivity contribution in [3.05, 3.63) is 64.3 Å². The number of ketones is 2. The highest BCUT2D eigenvalue weighted by atomic mass is 16.5. The van der Waals surface area contributed by atoms with Crippen molar-refractivity contribution in [2.45, 2.75) is 25.7 Å². The first kappa shape index (κ1) is 20.6. The van der Waals surface area contributed by atoms with Crippen LogP contribution in [0.5, 0.6) is 5.75 Å². The van der Waals surface area contributed by atoms with E-state index in [0.29, 0.717) is 34.5 Å². The van der Waals surface area contributed by atoms with E-state index in [1.807, 2.05) is 18.2 Å². The van der Waals surface area contributed by atoms with Gasteiger partial charge in [-0.2, -0.15) is 0 Å². The molecule has 0 saturated carbocycles. The molecule has 1 heterocycles. The van der Waals surface area contributed by atoms with E-state index in [1.54, 1.807) is 19.1 Å². The monoisotopic (exact) mass is 433 g/mol. The fourth-order valence-corrected chi connectivity index (χ4v) is 5.63. The lowest BCUT2D eigenvalue weighted by Crippen LogP contribution is -2.39. The summed E-state index contributed by atoms with van der Waals surface area (Å²) in [6.07, 6.45) is 3.99. The van der Waals surface area contributed by atoms with Crippen LogP contribution in [0.4, 0.5) is 0 Å². The second kappa shape index (κ2) is 7.67. The molecule has 2 amide bonds. The van der Waals surface area contributed by atoms with Crippen molar-refractivity contribution >= 4 is 23.4 Å². The van der Waals surface area contributed by atoms with Gasteiger partial charge in [0.2, 0.25) is 11.8 Å². The highest BCUT2D eigenvalue weighted by Gasteiger charge is 2.53. The third-order valence-electron chi connectivity index (χ3n) is 6.99. The Morgan fingerprint density at radius 2 is 1.88 bits per heavy atom. The van der Waals surface area contributed by atoms with Crippen molar-refractivity contribution in [1.29, 1.82) is 0 Å². The van der Waals surface area contributed by atoms with Crippen LogP contribution >= 0.6 is 0 Å². The van der Waals surface area contributed by atoms with Crippen molar-refractivity contribution in [3.63, 3.8) is 0 Å². The summed E-state index contributed by atoms with van der Waals surface area (Å²) >= 11 is 0. The number of amides is 2. The summed E-state index contributed by atoms with van der Waals surface area (Å²) in [6, 6.07) is 7.26. The Labute approximate surface area is 184 Å². The van der Waals surface area contributed by atoms with Crippen LogP contribution in [0.15, 0.2) is 58.7 Å². The van der Waals surface area contributed by atoms with Crippen molar-refractivity contribution in [2.75, 3.05) is 13.2 Å². The van der Waals surface area contributed by atoms with Gasteiger partial charge in [0.25, 0.3) is 0 Å². The maximum atomic E-state index is 13.3. The predicted octanol–water partition coefficient (Wildman–Crippen LogP) is 1.77. The number of aliphatic hydroxyl groups excluding tert-OH is 1. The first-order valence-corrected chi connectivity index (χ1v) is 10.8. The van der Waals surface area contributed by atoms with Gasteiger partial charge in [0.1, 0.15) is 12.4 Å². The van der Waals surface area contributed by atoms with Crippen molar-refractivity contribution in [1.82, 2.24) is 5.32 Å². The zero-order valence-corrected chi connectivity index (χ0v) is 17.6. The molecule has 0 radical (unpaired) electrons. The molecular formula is C25H23NO6. The molecule has 4 atom stereocenters. The number of hydrogen-bond donors (Lipinski definition) is 2. The van der Waals surface area contributed by atoms with E-state index in [0.717, 1.165) is 5.57 Å². The Morgan fingerprint density at radius 1 is 1.09 bits per heavy atom. The number of fused-ring (bicyclic) bond motifs is 3. The van der Waals surface area contributed by atoms with Crippen LogP contribution in [0.1, 0.15) is 31.2 Å². The number of carbonyl (C=O) groups excluding carboxylic acids is 4. The summed E-state index contributed by atoms with van der Waals surface area (Å²) in [6.45, 7) is 1.56. The molecule has 164 valence electrons. The third-order valence-corrected chi connectivity index (χ3v) is 6.99. The van der Waals surface area contributed by atoms with Gasteiger partial charge in [-0.25, -0.2) is 0 Å². The van der Waals surface area contributed by atoms with Gasteiger partial charge in [0.05, 0.1) is 18.4 Å². The highest BCUT2D eigenvalue weighted by molar-refractivity contribution is 6.23. The molecule has 7 heteroatoms. The van der Waals surface area contributed by atoms with E-state index in [1.165, 1.54) is 6.08 Å². The fourth-order valence-electron chi connectivity index (χ4n) is 5.63. The lowest BCUT2D eigenvalue weighted by Gasteiger charge is -2.42. The SMILES string of the molecule is CC1=CC(=O)C2=C(C1=O)[C@@H](c1ccccc1OCCO)C1=CC[C@@H]3C(=O)NC(=O)[C@@H]3[C@@H]1C2. The molecule has 1 fully saturated rings. The van der Waals surface area contributed by atoms with E-state index < -0.39 is 17.8 Å². The van der Waals surface area contributed by atoms with Crippen LogP contribution in [0.2, 0.25) is 0 Å². The molecule has 0 bridgehead atoms. The van der Waals surface area contributed by atoms with Crippen LogP contribution in [0, 0.1) is 17.8 Å². The molecular weight excluding hydrogens is 410 g/mol. The van der Waals surface area contributed by atoms with Crippen molar-refractivity contribution < 1.29 is 29.0 Å². The molecule has 7 nitrogen and oxygen atoms in total. The number of Topliss-reactive ketones (excluding diaryl/α,β-unsaturated/α-hetero) is 1. The van der Waals surface area contributed by atoms with Crippen LogP contribution in [0.25, 0.3) is 0 Å². The lowest BCUT2D eigenvalue weighted by atomic mass is 9.59. The minimum absolute atomic E-state index is 0.0888. The van der Waals surface area contributed by atoms with E-state index >= 15 is 0 Å². The number of benzene rings is 1. The summed E-state index contributed by atoms with van der Waals surface area (Å²) in [5, 5.41) is 11.7. The van der Waals surface area contributed by atoms with Crippen LogP contribution < -0.4 is 10.1 Å². The first-order chi connectivity index (χ1) is 15.4. The van der Waals surface area contributed by atoms with Crippen LogP contribution in [-0.2, 0) is 19.2 Å². The van der Waals surface area contributed by atoms with E-state index in [-0.39, 0.29) is 48.9 Å². The zero-order chi connectivity index (χ0) is 22.6. The molecule has 1 aliphatic heterocycles. The van der Waals surface area contributed by atoms with Gasteiger partial charge in [-0.3, -0.25) is 24.5 Å². The molecule has 1 saturated heterocycles. The van der Waals surface area contributed by atoms with Gasteiger partial charge in [0.15, 0.2) is 11.6 Å². The van der Waals surface area contributed by atoms with Gasteiger partial charge in [-0.1, -0.05) is 29.8 Å². The fraction of sp³-hybridized carbons (Fsp3) is 0.360. The van der Waals surface area contributed by atoms with Gasteiger partial charge in [0, 0.05) is 28.2 Å². The zero-order valence-electron chi connectivity index (χ0n) is 17.6. The molecule has 0 spiro atoms. The minimum Gasteiger partial charge on any atom is -0.491 e. The Bertz CT molecular complexity index is 1160. The number of imide groups is 1. The number of aliphatic hydroxyl groups is 1. The topological polar surface area (TPSA) is 110 Å². The molecule has 0 unspecified atom stereocenters. The number of para-hydroxylation sites is 1. The number of rotatable bonds is 4. The van der Waals surface area contributed by atoms with E-state index in [4.69, 9.17) is 4.74 Å². The second-order valence-corrected chi connectivity index (χ2v) is 8.69. The maximum absolute atomic E-state index is 13.3. The lowest BCUT2D eigenvalue weighted by molar-refractivity contribution is -0.126. The van der Waals surface area contributed by atoms with Gasteiger partial charge in [-0.05, 0) is 37.8 Å². The molecule has 1 aromatic carbocycles. The first-order valence-electron chi connectivity index (χ1n) is 10.8. The van der Waals surface area contributed by atoms with Gasteiger partial charge >= 0.3 is 0 Å². The van der Waals surface area contributed by atoms with Gasteiger partial charge in [-0.15, -0.1) is 0 Å². The third kappa shape index (κ3) is 2.99. The minimum atomic E-state index is -0.556. The summed E-state index contributed by atoms with van der Waals surface area (Å²) < 4.78 is 5.77. The van der Waals surface area contributed by atoms with Crippen molar-refractivity contribution in [2.24, 2.45) is 17.8 Å².